The lowest BCUT2D eigenvalue weighted by Gasteiger charge is -2.27. The van der Waals surface area contributed by atoms with Crippen molar-refractivity contribution in [1.82, 2.24) is 4.90 Å². The Kier molecular flexibility index (Phi) is 4.96. The lowest BCUT2D eigenvalue weighted by Crippen LogP contribution is -2.41. The summed E-state index contributed by atoms with van der Waals surface area (Å²) in [4.78, 5) is 2.20. The van der Waals surface area contributed by atoms with E-state index in [-0.39, 0.29) is 0 Å². The number of hydrogen-bond acceptors (Lipinski definition) is 1. The van der Waals surface area contributed by atoms with Crippen LogP contribution in [0.2, 0.25) is 0 Å². The molecule has 0 aromatic rings. The van der Waals surface area contributed by atoms with E-state index in [1.807, 2.05) is 0 Å². The summed E-state index contributed by atoms with van der Waals surface area (Å²) < 4.78 is 0.935. The molecule has 0 aromatic carbocycles. The number of nitrogens with zero attached hydrogens (tertiary/aromatic N) is 2. The molecule has 0 aliphatic heterocycles. The van der Waals surface area contributed by atoms with Gasteiger partial charge in [-0.25, -0.2) is 0 Å². The molecule has 0 fully saturated rings. The normalized spacial score (nSPS) is 11.7. The third-order valence-corrected chi connectivity index (χ3v) is 1.89. The van der Waals surface area contributed by atoms with E-state index in [1.54, 1.807) is 0 Å². The fraction of sp³-hybridized carbons (Fsp3) is 0.800. The predicted molar refractivity (Wildman–Crippen MR) is 53.8 cm³/mol. The van der Waals surface area contributed by atoms with Crippen LogP contribution in [0.25, 0.3) is 0 Å². The molecule has 70 valence electrons. The Balaban J connectivity index is 3.55. The van der Waals surface area contributed by atoms with Crippen LogP contribution < -0.4 is 0 Å². The Labute approximate surface area is 76.8 Å². The number of hydrogen-bond donors (Lipinski definition) is 0. The van der Waals surface area contributed by atoms with Gasteiger partial charge in [-0.3, -0.25) is 0 Å². The van der Waals surface area contributed by atoms with Crippen LogP contribution in [0, 0.1) is 12.3 Å². The second-order valence-corrected chi connectivity index (χ2v) is 4.18. The van der Waals surface area contributed by atoms with Gasteiger partial charge in [0, 0.05) is 13.0 Å². The molecule has 0 bridgehead atoms. The molecule has 2 nitrogen and oxygen atoms in total. The Hall–Kier alpha value is -0.520. The van der Waals surface area contributed by atoms with Crippen molar-refractivity contribution in [3.05, 3.63) is 0 Å². The molecule has 0 unspecified atom stereocenters. The van der Waals surface area contributed by atoms with Gasteiger partial charge in [-0.15, -0.1) is 6.42 Å². The van der Waals surface area contributed by atoms with E-state index < -0.39 is 0 Å². The Bertz CT molecular complexity index is 154. The summed E-state index contributed by atoms with van der Waals surface area (Å²) in [5.41, 5.74) is 0. The fourth-order valence-corrected chi connectivity index (χ4v) is 1.14. The zero-order chi connectivity index (χ0) is 9.61. The van der Waals surface area contributed by atoms with Gasteiger partial charge in [0.15, 0.2) is 0 Å². The van der Waals surface area contributed by atoms with Crippen LogP contribution in [0.3, 0.4) is 0 Å². The maximum absolute atomic E-state index is 5.27. The predicted octanol–water partition coefficient (Wildman–Crippen LogP) is 0.648. The molecule has 0 amide bonds. The fourth-order valence-electron chi connectivity index (χ4n) is 1.14. The van der Waals surface area contributed by atoms with Crippen LogP contribution in [-0.2, 0) is 0 Å². The molecule has 0 aromatic heterocycles. The van der Waals surface area contributed by atoms with E-state index in [1.165, 1.54) is 6.42 Å². The summed E-state index contributed by atoms with van der Waals surface area (Å²) in [6.45, 7) is 3.13. The van der Waals surface area contributed by atoms with Crippen molar-refractivity contribution in [3.8, 4) is 12.3 Å². The van der Waals surface area contributed by atoms with Gasteiger partial charge in [-0.1, -0.05) is 0 Å². The van der Waals surface area contributed by atoms with Crippen molar-refractivity contribution < 1.29 is 4.48 Å². The molecule has 0 heterocycles. The summed E-state index contributed by atoms with van der Waals surface area (Å²) in [6.07, 6.45) is 6.48. The second-order valence-electron chi connectivity index (χ2n) is 4.18. The maximum Gasteiger partial charge on any atom is 0.140 e. The SMILES string of the molecule is C#CC[N+](C)(C)CCCN(C)C. The van der Waals surface area contributed by atoms with Crippen LogP contribution in [0.15, 0.2) is 0 Å². The van der Waals surface area contributed by atoms with Crippen molar-refractivity contribution in [2.45, 2.75) is 6.42 Å². The second kappa shape index (κ2) is 5.18. The molecule has 0 aliphatic carbocycles. The third kappa shape index (κ3) is 6.21. The molecule has 0 aliphatic rings. The zero-order valence-electron chi connectivity index (χ0n) is 8.80. The van der Waals surface area contributed by atoms with Crippen molar-refractivity contribution in [2.75, 3.05) is 47.8 Å². The first-order valence-electron chi connectivity index (χ1n) is 4.38. The molecule has 0 radical (unpaired) electrons. The van der Waals surface area contributed by atoms with Gasteiger partial charge in [0.2, 0.25) is 0 Å². The van der Waals surface area contributed by atoms with Crippen LogP contribution >= 0.6 is 0 Å². The molecular formula is C10H21N2+. The molecule has 0 atom stereocenters. The van der Waals surface area contributed by atoms with Crippen molar-refractivity contribution in [3.63, 3.8) is 0 Å². The van der Waals surface area contributed by atoms with E-state index in [0.717, 1.165) is 24.1 Å². The van der Waals surface area contributed by atoms with E-state index in [0.29, 0.717) is 0 Å². The quantitative estimate of drug-likeness (QED) is 0.431. The largest absolute Gasteiger partial charge is 0.318 e. The molecule has 2 heteroatoms. The van der Waals surface area contributed by atoms with Crippen LogP contribution in [0.5, 0.6) is 0 Å². The highest BCUT2D eigenvalue weighted by atomic mass is 15.3. The van der Waals surface area contributed by atoms with Gasteiger partial charge < -0.3 is 9.38 Å². The molecule has 0 N–H and O–H groups in total. The van der Waals surface area contributed by atoms with Gasteiger partial charge in [-0.05, 0) is 20.0 Å². The third-order valence-electron chi connectivity index (χ3n) is 1.89. The smallest absolute Gasteiger partial charge is 0.140 e. The van der Waals surface area contributed by atoms with Crippen LogP contribution in [-0.4, -0.2) is 57.2 Å². The molecule has 0 rings (SSSR count). The lowest BCUT2D eigenvalue weighted by atomic mass is 10.3. The van der Waals surface area contributed by atoms with Crippen molar-refractivity contribution in [2.24, 2.45) is 0 Å². The number of rotatable bonds is 5. The number of terminal acetylenes is 1. The highest BCUT2D eigenvalue weighted by molar-refractivity contribution is 4.83. The first kappa shape index (κ1) is 11.5. The minimum atomic E-state index is 0.827. The highest BCUT2D eigenvalue weighted by Gasteiger charge is 2.11. The average molecular weight is 169 g/mol. The Morgan fingerprint density at radius 3 is 2.33 bits per heavy atom. The number of quaternary nitrogens is 1. The topological polar surface area (TPSA) is 3.24 Å². The molecule has 12 heavy (non-hydrogen) atoms. The Morgan fingerprint density at radius 2 is 1.92 bits per heavy atom. The van der Waals surface area contributed by atoms with E-state index in [2.05, 4.69) is 39.0 Å². The van der Waals surface area contributed by atoms with Crippen LogP contribution in [0.1, 0.15) is 6.42 Å². The van der Waals surface area contributed by atoms with Gasteiger partial charge in [0.25, 0.3) is 0 Å². The standard InChI is InChI=1S/C10H21N2/c1-6-9-12(4,5)10-7-8-11(2)3/h1H,7-10H2,2-5H3/q+1. The van der Waals surface area contributed by atoms with Crippen LogP contribution in [0.4, 0.5) is 0 Å². The van der Waals surface area contributed by atoms with E-state index >= 15 is 0 Å². The summed E-state index contributed by atoms with van der Waals surface area (Å²) in [7, 11) is 8.55. The molecule has 0 saturated heterocycles. The molecule has 0 spiro atoms. The van der Waals surface area contributed by atoms with Crippen molar-refractivity contribution in [1.29, 1.82) is 0 Å². The minimum Gasteiger partial charge on any atom is -0.318 e. The van der Waals surface area contributed by atoms with Gasteiger partial charge >= 0.3 is 0 Å². The molecular weight excluding hydrogens is 148 g/mol. The van der Waals surface area contributed by atoms with E-state index in [4.69, 9.17) is 6.42 Å². The van der Waals surface area contributed by atoms with Crippen molar-refractivity contribution >= 4 is 0 Å². The summed E-state index contributed by atoms with van der Waals surface area (Å²) >= 11 is 0. The first-order chi connectivity index (χ1) is 5.48. The molecule has 0 saturated carbocycles. The first-order valence-corrected chi connectivity index (χ1v) is 4.38. The monoisotopic (exact) mass is 169 g/mol. The lowest BCUT2D eigenvalue weighted by molar-refractivity contribution is -0.883. The maximum atomic E-state index is 5.27. The van der Waals surface area contributed by atoms with Gasteiger partial charge in [-0.2, -0.15) is 0 Å². The average Bonchev–Trinajstić information content (AvgIpc) is 1.85. The van der Waals surface area contributed by atoms with E-state index in [9.17, 15) is 0 Å². The van der Waals surface area contributed by atoms with Gasteiger partial charge in [0.1, 0.15) is 6.54 Å². The Morgan fingerprint density at radius 1 is 1.33 bits per heavy atom. The summed E-state index contributed by atoms with van der Waals surface area (Å²) in [5.74, 6) is 2.70. The minimum absolute atomic E-state index is 0.827. The highest BCUT2D eigenvalue weighted by Crippen LogP contribution is 1.98. The zero-order valence-corrected chi connectivity index (χ0v) is 8.80. The van der Waals surface area contributed by atoms with Gasteiger partial charge in [0.05, 0.1) is 20.6 Å². The summed E-state index contributed by atoms with van der Waals surface area (Å²) in [6, 6.07) is 0. The summed E-state index contributed by atoms with van der Waals surface area (Å²) in [5, 5.41) is 0.